The van der Waals surface area contributed by atoms with E-state index < -0.39 is 0 Å². The third-order valence-electron chi connectivity index (χ3n) is 2.30. The summed E-state index contributed by atoms with van der Waals surface area (Å²) in [7, 11) is 0. The number of hydrogen-bond donors (Lipinski definition) is 0. The van der Waals surface area contributed by atoms with Crippen LogP contribution in [0.4, 0.5) is 0 Å². The summed E-state index contributed by atoms with van der Waals surface area (Å²) < 4.78 is 6.09. The second kappa shape index (κ2) is 6.39. The standard InChI is InChI=1S/C12H4Br6/c13-7-1-5(2-8(14)11(7)17)6-3-9(15)12(18)10(16)4-6/h1-4H. The minimum absolute atomic E-state index is 1.02. The van der Waals surface area contributed by atoms with Gasteiger partial charge in [-0.25, -0.2) is 0 Å². The van der Waals surface area contributed by atoms with Gasteiger partial charge in [0.25, 0.3) is 0 Å². The van der Waals surface area contributed by atoms with Crippen molar-refractivity contribution in [2.24, 2.45) is 0 Å². The van der Waals surface area contributed by atoms with E-state index in [-0.39, 0.29) is 0 Å². The fourth-order valence-corrected chi connectivity index (χ4v) is 4.28. The predicted octanol–water partition coefficient (Wildman–Crippen LogP) is 7.93. The zero-order chi connectivity index (χ0) is 13.4. The molecule has 0 saturated heterocycles. The minimum atomic E-state index is 1.02. The second-order valence-corrected chi connectivity index (χ2v) is 8.51. The van der Waals surface area contributed by atoms with E-state index >= 15 is 0 Å². The van der Waals surface area contributed by atoms with Gasteiger partial charge < -0.3 is 0 Å². The van der Waals surface area contributed by atoms with Crippen LogP contribution < -0.4 is 0 Å². The second-order valence-electron chi connectivity index (χ2n) is 3.51. The molecule has 2 rings (SSSR count). The average molecular weight is 628 g/mol. The lowest BCUT2D eigenvalue weighted by molar-refractivity contribution is 1.48. The summed E-state index contributed by atoms with van der Waals surface area (Å²) in [6.07, 6.45) is 0. The molecular weight excluding hydrogens is 624 g/mol. The number of halogens is 6. The van der Waals surface area contributed by atoms with Crippen molar-refractivity contribution in [1.82, 2.24) is 0 Å². The lowest BCUT2D eigenvalue weighted by Gasteiger charge is -2.09. The molecule has 0 spiro atoms. The van der Waals surface area contributed by atoms with Crippen LogP contribution >= 0.6 is 95.6 Å². The van der Waals surface area contributed by atoms with Crippen molar-refractivity contribution in [2.45, 2.75) is 0 Å². The summed E-state index contributed by atoms with van der Waals surface area (Å²) in [5, 5.41) is 0. The predicted molar refractivity (Wildman–Crippen MR) is 98.1 cm³/mol. The molecule has 2 aromatic carbocycles. The molecule has 0 radical (unpaired) electrons. The van der Waals surface area contributed by atoms with Gasteiger partial charge >= 0.3 is 0 Å². The van der Waals surface area contributed by atoms with E-state index in [1.54, 1.807) is 0 Å². The van der Waals surface area contributed by atoms with Crippen LogP contribution in [0.3, 0.4) is 0 Å². The Kier molecular flexibility index (Phi) is 5.58. The fourth-order valence-electron chi connectivity index (χ4n) is 1.44. The van der Waals surface area contributed by atoms with E-state index in [0.29, 0.717) is 0 Å². The van der Waals surface area contributed by atoms with Gasteiger partial charge in [-0.3, -0.25) is 0 Å². The Bertz CT molecular complexity index is 518. The van der Waals surface area contributed by atoms with Crippen molar-refractivity contribution in [1.29, 1.82) is 0 Å². The average Bonchev–Trinajstić information content (AvgIpc) is 2.31. The number of rotatable bonds is 1. The van der Waals surface area contributed by atoms with E-state index in [1.807, 2.05) is 0 Å². The summed E-state index contributed by atoms with van der Waals surface area (Å²) in [6.45, 7) is 0. The first-order valence-electron chi connectivity index (χ1n) is 4.69. The Morgan fingerprint density at radius 2 is 0.667 bits per heavy atom. The van der Waals surface area contributed by atoms with Crippen LogP contribution in [0.25, 0.3) is 11.1 Å². The van der Waals surface area contributed by atoms with Crippen molar-refractivity contribution in [3.8, 4) is 11.1 Å². The Hall–Kier alpha value is 1.32. The van der Waals surface area contributed by atoms with Crippen LogP contribution in [-0.4, -0.2) is 0 Å². The zero-order valence-corrected chi connectivity index (χ0v) is 18.1. The van der Waals surface area contributed by atoms with Crippen LogP contribution in [0.2, 0.25) is 0 Å². The van der Waals surface area contributed by atoms with Crippen LogP contribution in [0.5, 0.6) is 0 Å². The lowest BCUT2D eigenvalue weighted by Crippen LogP contribution is -1.83. The molecule has 0 bridgehead atoms. The Balaban J connectivity index is 2.63. The fraction of sp³-hybridized carbons (Fsp3) is 0. The van der Waals surface area contributed by atoms with Crippen molar-refractivity contribution in [3.63, 3.8) is 0 Å². The Morgan fingerprint density at radius 1 is 0.444 bits per heavy atom. The summed E-state index contributed by atoms with van der Waals surface area (Å²) in [6, 6.07) is 8.32. The van der Waals surface area contributed by atoms with Gasteiger partial charge in [0.2, 0.25) is 0 Å². The van der Waals surface area contributed by atoms with Gasteiger partial charge in [-0.05, 0) is 131 Å². The molecule has 0 nitrogen and oxygen atoms in total. The summed E-state index contributed by atoms with van der Waals surface area (Å²) >= 11 is 21.2. The molecule has 2 aromatic rings. The Labute approximate surface area is 156 Å². The maximum atomic E-state index is 3.54. The first kappa shape index (κ1) is 15.7. The van der Waals surface area contributed by atoms with Crippen LogP contribution in [0.1, 0.15) is 0 Å². The molecule has 0 aliphatic carbocycles. The third-order valence-corrected chi connectivity index (χ3v) is 8.64. The van der Waals surface area contributed by atoms with E-state index in [4.69, 9.17) is 0 Å². The molecule has 0 atom stereocenters. The summed E-state index contributed by atoms with van der Waals surface area (Å²) in [5.74, 6) is 0. The minimum Gasteiger partial charge on any atom is -0.0495 e. The molecule has 0 aliphatic heterocycles. The maximum Gasteiger partial charge on any atom is 0.0459 e. The molecule has 0 fully saturated rings. The molecule has 18 heavy (non-hydrogen) atoms. The molecule has 0 amide bonds. The number of benzene rings is 2. The van der Waals surface area contributed by atoms with Crippen LogP contribution in [-0.2, 0) is 0 Å². The molecule has 0 heterocycles. The molecule has 0 unspecified atom stereocenters. The van der Waals surface area contributed by atoms with Crippen molar-refractivity contribution < 1.29 is 0 Å². The highest BCUT2D eigenvalue weighted by Crippen LogP contribution is 2.39. The molecular formula is C12H4Br6. The first-order chi connectivity index (χ1) is 8.40. The van der Waals surface area contributed by atoms with Gasteiger partial charge in [0.15, 0.2) is 0 Å². The third kappa shape index (κ3) is 3.31. The lowest BCUT2D eigenvalue weighted by atomic mass is 10.1. The van der Waals surface area contributed by atoms with Crippen LogP contribution in [0, 0.1) is 0 Å². The smallest absolute Gasteiger partial charge is 0.0459 e. The highest BCUT2D eigenvalue weighted by molar-refractivity contribution is 9.15. The van der Waals surface area contributed by atoms with Gasteiger partial charge in [-0.15, -0.1) is 0 Å². The Morgan fingerprint density at radius 3 is 0.889 bits per heavy atom. The number of hydrogen-bond acceptors (Lipinski definition) is 0. The first-order valence-corrected chi connectivity index (χ1v) is 9.45. The van der Waals surface area contributed by atoms with Gasteiger partial charge in [-0.2, -0.15) is 0 Å². The van der Waals surface area contributed by atoms with Crippen LogP contribution in [0.15, 0.2) is 51.1 Å². The monoisotopic (exact) mass is 622 g/mol. The van der Waals surface area contributed by atoms with E-state index in [9.17, 15) is 0 Å². The van der Waals surface area contributed by atoms with Gasteiger partial charge in [-0.1, -0.05) is 0 Å². The zero-order valence-electron chi connectivity index (χ0n) is 8.58. The molecule has 94 valence electrons. The summed E-state index contributed by atoms with van der Waals surface area (Å²) in [4.78, 5) is 0. The molecule has 6 heteroatoms. The molecule has 0 saturated carbocycles. The summed E-state index contributed by atoms with van der Waals surface area (Å²) in [5.41, 5.74) is 2.26. The molecule has 0 N–H and O–H groups in total. The normalized spacial score (nSPS) is 10.8. The van der Waals surface area contributed by atoms with Crippen molar-refractivity contribution in [3.05, 3.63) is 51.1 Å². The van der Waals surface area contributed by atoms with Gasteiger partial charge in [0.1, 0.15) is 0 Å². The quantitative estimate of drug-likeness (QED) is 0.282. The van der Waals surface area contributed by atoms with Gasteiger partial charge in [0.05, 0.1) is 0 Å². The maximum absolute atomic E-state index is 3.54. The molecule has 0 aromatic heterocycles. The highest BCUT2D eigenvalue weighted by atomic mass is 79.9. The van der Waals surface area contributed by atoms with E-state index in [1.165, 1.54) is 0 Å². The highest BCUT2D eigenvalue weighted by Gasteiger charge is 2.10. The van der Waals surface area contributed by atoms with Crippen molar-refractivity contribution in [2.75, 3.05) is 0 Å². The van der Waals surface area contributed by atoms with E-state index in [2.05, 4.69) is 120 Å². The molecule has 0 aliphatic rings. The van der Waals surface area contributed by atoms with Gasteiger partial charge in [0, 0.05) is 26.8 Å². The van der Waals surface area contributed by atoms with Crippen molar-refractivity contribution >= 4 is 95.6 Å². The topological polar surface area (TPSA) is 0 Å². The largest absolute Gasteiger partial charge is 0.0495 e. The van der Waals surface area contributed by atoms with E-state index in [0.717, 1.165) is 38.0 Å². The SMILES string of the molecule is Brc1cc(-c2cc(Br)c(Br)c(Br)c2)cc(Br)c1Br.